The van der Waals surface area contributed by atoms with Crippen LogP contribution in [0.4, 0.5) is 0 Å². The molecule has 2 rings (SSSR count). The van der Waals surface area contributed by atoms with E-state index in [1.54, 1.807) is 0 Å². The maximum absolute atomic E-state index is 6.17. The van der Waals surface area contributed by atoms with Gasteiger partial charge in [0, 0.05) is 5.92 Å². The van der Waals surface area contributed by atoms with E-state index in [0.29, 0.717) is 5.92 Å². The Bertz CT molecular complexity index is 271. The average molecular weight is 238 g/mol. The quantitative estimate of drug-likeness (QED) is 0.656. The lowest BCUT2D eigenvalue weighted by atomic mass is 9.81. The predicted molar refractivity (Wildman–Crippen MR) is 72.4 cm³/mol. The van der Waals surface area contributed by atoms with E-state index in [2.05, 4.69) is 26.2 Å². The number of ether oxygens (including phenoxy) is 1. The van der Waals surface area contributed by atoms with E-state index in [-0.39, 0.29) is 5.60 Å². The van der Waals surface area contributed by atoms with Crippen LogP contribution in [0.25, 0.3) is 0 Å². The summed E-state index contributed by atoms with van der Waals surface area (Å²) in [5.74, 6) is 0.657. The molecule has 1 nitrogen and oxygen atoms in total. The largest absolute Gasteiger partial charge is 0.374 e. The average Bonchev–Trinajstić information content (AvgIpc) is 2.61. The van der Waals surface area contributed by atoms with Gasteiger partial charge in [0.05, 0.1) is 20.3 Å². The Labute approximate surface area is 101 Å². The van der Waals surface area contributed by atoms with Crippen LogP contribution in [0.2, 0.25) is 19.6 Å². The van der Waals surface area contributed by atoms with E-state index < -0.39 is 8.07 Å². The van der Waals surface area contributed by atoms with Crippen molar-refractivity contribution in [1.29, 1.82) is 0 Å². The first kappa shape index (κ1) is 12.4. The maximum atomic E-state index is 6.17. The van der Waals surface area contributed by atoms with Crippen LogP contribution >= 0.6 is 0 Å². The summed E-state index contributed by atoms with van der Waals surface area (Å²) < 4.78 is 6.17. The van der Waals surface area contributed by atoms with E-state index in [4.69, 9.17) is 4.74 Å². The highest BCUT2D eigenvalue weighted by atomic mass is 28.3. The zero-order valence-electron chi connectivity index (χ0n) is 11.1. The zero-order chi connectivity index (χ0) is 11.8. The van der Waals surface area contributed by atoms with E-state index in [1.807, 2.05) is 0 Å². The van der Waals surface area contributed by atoms with E-state index in [9.17, 15) is 0 Å². The minimum atomic E-state index is -1.18. The molecule has 2 aliphatic rings. The number of hydrogen-bond acceptors (Lipinski definition) is 1. The smallest absolute Gasteiger partial charge is 0.0721 e. The summed E-state index contributed by atoms with van der Waals surface area (Å²) in [7, 11) is -1.18. The lowest BCUT2D eigenvalue weighted by Gasteiger charge is -2.33. The van der Waals surface area contributed by atoms with E-state index in [0.717, 1.165) is 6.61 Å². The molecule has 1 unspecified atom stereocenters. The Morgan fingerprint density at radius 1 is 1.19 bits per heavy atom. The van der Waals surface area contributed by atoms with Gasteiger partial charge in [0.1, 0.15) is 0 Å². The van der Waals surface area contributed by atoms with Crippen molar-refractivity contribution in [1.82, 2.24) is 0 Å². The Morgan fingerprint density at radius 3 is 2.38 bits per heavy atom. The van der Waals surface area contributed by atoms with Crippen molar-refractivity contribution < 1.29 is 4.74 Å². The van der Waals surface area contributed by atoms with Gasteiger partial charge in [-0.3, -0.25) is 0 Å². The van der Waals surface area contributed by atoms with E-state index >= 15 is 0 Å². The molecule has 1 atom stereocenters. The molecule has 0 aromatic heterocycles. The third-order valence-corrected chi connectivity index (χ3v) is 6.76. The second-order valence-electron chi connectivity index (χ2n) is 6.73. The second-order valence-corrected chi connectivity index (χ2v) is 11.9. The third kappa shape index (κ3) is 2.43. The molecule has 1 aliphatic heterocycles. The second kappa shape index (κ2) is 4.30. The summed E-state index contributed by atoms with van der Waals surface area (Å²) >= 11 is 0. The summed E-state index contributed by atoms with van der Waals surface area (Å²) in [5.41, 5.74) is 0.255. The maximum Gasteiger partial charge on any atom is 0.0721 e. The summed E-state index contributed by atoms with van der Waals surface area (Å²) in [4.78, 5) is 0. The van der Waals surface area contributed by atoms with Crippen LogP contribution in [-0.4, -0.2) is 20.3 Å². The van der Waals surface area contributed by atoms with Crippen LogP contribution in [0, 0.1) is 5.92 Å². The molecule has 92 valence electrons. The molecule has 1 heterocycles. The van der Waals surface area contributed by atoms with Crippen LogP contribution in [0.3, 0.4) is 0 Å². The minimum absolute atomic E-state index is 0.255. The fraction of sp³-hybridized carbons (Fsp3) is 0.857. The van der Waals surface area contributed by atoms with Gasteiger partial charge in [0.25, 0.3) is 0 Å². The van der Waals surface area contributed by atoms with Crippen molar-refractivity contribution in [3.63, 3.8) is 0 Å². The highest BCUT2D eigenvalue weighted by Crippen LogP contribution is 2.44. The highest BCUT2D eigenvalue weighted by Gasteiger charge is 2.43. The minimum Gasteiger partial charge on any atom is -0.374 e. The van der Waals surface area contributed by atoms with Crippen molar-refractivity contribution in [3.8, 4) is 0 Å². The molecule has 2 fully saturated rings. The van der Waals surface area contributed by atoms with Gasteiger partial charge in [-0.25, -0.2) is 0 Å². The van der Waals surface area contributed by atoms with Gasteiger partial charge >= 0.3 is 0 Å². The van der Waals surface area contributed by atoms with Crippen molar-refractivity contribution in [2.75, 3.05) is 6.61 Å². The summed E-state index contributed by atoms with van der Waals surface area (Å²) in [5, 5.41) is 1.52. The fourth-order valence-corrected chi connectivity index (χ4v) is 4.64. The van der Waals surface area contributed by atoms with Crippen LogP contribution in [0.1, 0.15) is 38.5 Å². The van der Waals surface area contributed by atoms with Gasteiger partial charge in [0.15, 0.2) is 0 Å². The summed E-state index contributed by atoms with van der Waals surface area (Å²) in [6.45, 7) is 12.5. The Hall–Kier alpha value is -0.0831. The van der Waals surface area contributed by atoms with Gasteiger partial charge in [-0.2, -0.15) is 0 Å². The molecular weight excluding hydrogens is 212 g/mol. The first-order valence-corrected chi connectivity index (χ1v) is 10.3. The molecule has 2 heteroatoms. The molecular formula is C14H26OSi. The zero-order valence-corrected chi connectivity index (χ0v) is 12.1. The van der Waals surface area contributed by atoms with Crippen LogP contribution in [0.15, 0.2) is 11.8 Å². The topological polar surface area (TPSA) is 9.23 Å². The number of rotatable bonds is 2. The number of hydrogen-bond donors (Lipinski definition) is 0. The lowest BCUT2D eigenvalue weighted by molar-refractivity contribution is -0.0246. The molecule has 0 aromatic rings. The predicted octanol–water partition coefficient (Wildman–Crippen LogP) is 4.16. The first-order chi connectivity index (χ1) is 7.43. The highest BCUT2D eigenvalue weighted by molar-refractivity contribution is 6.83. The van der Waals surface area contributed by atoms with Crippen molar-refractivity contribution in [2.24, 2.45) is 5.92 Å². The Balaban J connectivity index is 1.99. The van der Waals surface area contributed by atoms with Crippen LogP contribution in [-0.2, 0) is 4.74 Å². The van der Waals surface area contributed by atoms with Gasteiger partial charge in [-0.1, -0.05) is 44.1 Å². The molecule has 1 spiro atoms. The molecule has 1 aliphatic carbocycles. The molecule has 1 saturated heterocycles. The Kier molecular flexibility index (Phi) is 3.33. The van der Waals surface area contributed by atoms with Gasteiger partial charge in [-0.15, -0.1) is 6.58 Å². The van der Waals surface area contributed by atoms with Gasteiger partial charge in [0.2, 0.25) is 0 Å². The molecule has 0 bridgehead atoms. The molecule has 0 amide bonds. The van der Waals surface area contributed by atoms with Crippen molar-refractivity contribution in [2.45, 2.75) is 63.8 Å². The van der Waals surface area contributed by atoms with Crippen LogP contribution in [0.5, 0.6) is 0 Å². The van der Waals surface area contributed by atoms with Gasteiger partial charge in [-0.05, 0) is 19.3 Å². The summed E-state index contributed by atoms with van der Waals surface area (Å²) in [6, 6.07) is 0. The summed E-state index contributed by atoms with van der Waals surface area (Å²) in [6.07, 6.45) is 7.99. The van der Waals surface area contributed by atoms with Crippen LogP contribution < -0.4 is 0 Å². The standard InChI is InChI=1S/C14H26OSi/c1-12(16(2,3)4)13-10-14(15-11-13)8-6-5-7-9-14/h13H,1,5-11H2,2-4H3. The normalized spacial score (nSPS) is 29.6. The molecule has 16 heavy (non-hydrogen) atoms. The SMILES string of the molecule is C=C(C1COC2(CCCCC2)C1)[Si](C)(C)C. The lowest BCUT2D eigenvalue weighted by Crippen LogP contribution is -2.32. The molecule has 0 radical (unpaired) electrons. The van der Waals surface area contributed by atoms with Gasteiger partial charge < -0.3 is 4.74 Å². The monoisotopic (exact) mass is 238 g/mol. The first-order valence-electron chi connectivity index (χ1n) is 6.76. The fourth-order valence-electron chi connectivity index (χ4n) is 3.23. The third-order valence-electron chi connectivity index (χ3n) is 4.43. The Morgan fingerprint density at radius 2 is 1.81 bits per heavy atom. The van der Waals surface area contributed by atoms with E-state index in [1.165, 1.54) is 43.7 Å². The molecule has 0 N–H and O–H groups in total. The molecule has 1 saturated carbocycles. The van der Waals surface area contributed by atoms with Crippen molar-refractivity contribution >= 4 is 8.07 Å². The van der Waals surface area contributed by atoms with Crippen molar-refractivity contribution in [3.05, 3.63) is 11.8 Å². The molecule has 0 aromatic carbocycles.